The third-order valence-corrected chi connectivity index (χ3v) is 4.08. The van der Waals surface area contributed by atoms with Crippen molar-refractivity contribution in [3.05, 3.63) is 11.7 Å². The highest BCUT2D eigenvalue weighted by atomic mass is 16.5. The number of unbranched alkanes of at least 4 members (excludes halogenated alkanes) is 1. The summed E-state index contributed by atoms with van der Waals surface area (Å²) in [4.78, 5) is 6.99. The standard InChI is InChI=1S/C16H30N4O/c1-3-5-8-15-18-16(21-19-15)13-20(10-4-2)12-14-7-6-9-17-11-14/h14,17H,3-13H2,1-2H3. The molecule has 120 valence electrons. The molecule has 1 unspecified atom stereocenters. The normalized spacial score (nSPS) is 19.3. The summed E-state index contributed by atoms with van der Waals surface area (Å²) in [6.45, 7) is 9.76. The Balaban J connectivity index is 1.84. The summed E-state index contributed by atoms with van der Waals surface area (Å²) >= 11 is 0. The lowest BCUT2D eigenvalue weighted by Gasteiger charge is -2.29. The monoisotopic (exact) mass is 294 g/mol. The molecule has 2 rings (SSSR count). The van der Waals surface area contributed by atoms with Gasteiger partial charge in [-0.15, -0.1) is 0 Å². The average molecular weight is 294 g/mol. The topological polar surface area (TPSA) is 54.2 Å². The van der Waals surface area contributed by atoms with Gasteiger partial charge in [0.15, 0.2) is 5.82 Å². The van der Waals surface area contributed by atoms with Crippen molar-refractivity contribution in [3.63, 3.8) is 0 Å². The van der Waals surface area contributed by atoms with E-state index in [4.69, 9.17) is 4.52 Å². The Morgan fingerprint density at radius 3 is 2.95 bits per heavy atom. The quantitative estimate of drug-likeness (QED) is 0.759. The molecule has 1 atom stereocenters. The van der Waals surface area contributed by atoms with Crippen LogP contribution >= 0.6 is 0 Å². The molecule has 1 aliphatic rings. The maximum Gasteiger partial charge on any atom is 0.240 e. The maximum atomic E-state index is 5.41. The molecule has 0 amide bonds. The van der Waals surface area contributed by atoms with E-state index < -0.39 is 0 Å². The molecule has 1 N–H and O–H groups in total. The third kappa shape index (κ3) is 5.75. The Morgan fingerprint density at radius 1 is 1.33 bits per heavy atom. The molecule has 0 spiro atoms. The number of piperidine rings is 1. The van der Waals surface area contributed by atoms with Crippen molar-refractivity contribution in [1.29, 1.82) is 0 Å². The number of nitrogens with zero attached hydrogens (tertiary/aromatic N) is 3. The number of aryl methyl sites for hydroxylation is 1. The highest BCUT2D eigenvalue weighted by Gasteiger charge is 2.18. The molecule has 1 aromatic rings. The highest BCUT2D eigenvalue weighted by Crippen LogP contribution is 2.14. The van der Waals surface area contributed by atoms with Gasteiger partial charge >= 0.3 is 0 Å². The fraction of sp³-hybridized carbons (Fsp3) is 0.875. The summed E-state index contributed by atoms with van der Waals surface area (Å²) in [5, 5.41) is 7.58. The van der Waals surface area contributed by atoms with Gasteiger partial charge in [-0.3, -0.25) is 4.90 Å². The number of hydrogen-bond donors (Lipinski definition) is 1. The van der Waals surface area contributed by atoms with Gasteiger partial charge in [-0.25, -0.2) is 0 Å². The van der Waals surface area contributed by atoms with E-state index in [1.165, 1.54) is 25.8 Å². The Kier molecular flexibility index (Phi) is 7.16. The van der Waals surface area contributed by atoms with Gasteiger partial charge in [0, 0.05) is 13.0 Å². The first-order valence-electron chi connectivity index (χ1n) is 8.56. The summed E-state index contributed by atoms with van der Waals surface area (Å²) in [6.07, 6.45) is 7.02. The van der Waals surface area contributed by atoms with E-state index in [0.717, 1.165) is 63.1 Å². The molecule has 0 aliphatic carbocycles. The van der Waals surface area contributed by atoms with Crippen molar-refractivity contribution < 1.29 is 4.52 Å². The first-order valence-corrected chi connectivity index (χ1v) is 8.56. The van der Waals surface area contributed by atoms with E-state index in [2.05, 4.69) is 34.2 Å². The molecule has 0 radical (unpaired) electrons. The minimum absolute atomic E-state index is 0.757. The van der Waals surface area contributed by atoms with Crippen LogP contribution in [0.2, 0.25) is 0 Å². The van der Waals surface area contributed by atoms with Gasteiger partial charge < -0.3 is 9.84 Å². The second-order valence-electron chi connectivity index (χ2n) is 6.16. The fourth-order valence-electron chi connectivity index (χ4n) is 2.98. The minimum Gasteiger partial charge on any atom is -0.338 e. The molecule has 0 bridgehead atoms. The minimum atomic E-state index is 0.757. The van der Waals surface area contributed by atoms with Gasteiger partial charge in [0.25, 0.3) is 0 Å². The smallest absolute Gasteiger partial charge is 0.240 e. The maximum absolute atomic E-state index is 5.41. The molecular weight excluding hydrogens is 264 g/mol. The Morgan fingerprint density at radius 2 is 2.24 bits per heavy atom. The highest BCUT2D eigenvalue weighted by molar-refractivity contribution is 4.87. The van der Waals surface area contributed by atoms with Crippen molar-refractivity contribution in [2.24, 2.45) is 5.92 Å². The van der Waals surface area contributed by atoms with Crippen LogP contribution in [0.1, 0.15) is 57.7 Å². The molecule has 2 heterocycles. The van der Waals surface area contributed by atoms with Gasteiger partial charge in [-0.2, -0.15) is 4.98 Å². The first-order chi connectivity index (χ1) is 10.3. The third-order valence-electron chi connectivity index (χ3n) is 4.08. The van der Waals surface area contributed by atoms with Crippen molar-refractivity contribution in [1.82, 2.24) is 20.4 Å². The second kappa shape index (κ2) is 9.15. The summed E-state index contributed by atoms with van der Waals surface area (Å²) in [6, 6.07) is 0. The zero-order chi connectivity index (χ0) is 14.9. The molecule has 0 aromatic carbocycles. The number of nitrogens with one attached hydrogen (secondary N) is 1. The fourth-order valence-corrected chi connectivity index (χ4v) is 2.98. The predicted octanol–water partition coefficient (Wildman–Crippen LogP) is 2.62. The molecule has 0 saturated carbocycles. The lowest BCUT2D eigenvalue weighted by atomic mass is 9.99. The second-order valence-corrected chi connectivity index (χ2v) is 6.16. The predicted molar refractivity (Wildman–Crippen MR) is 84.1 cm³/mol. The van der Waals surface area contributed by atoms with Gasteiger partial charge in [0.1, 0.15) is 0 Å². The molecular formula is C16H30N4O. The average Bonchev–Trinajstić information content (AvgIpc) is 2.94. The lowest BCUT2D eigenvalue weighted by molar-refractivity contribution is 0.180. The summed E-state index contributed by atoms with van der Waals surface area (Å²) < 4.78 is 5.41. The van der Waals surface area contributed by atoms with Crippen molar-refractivity contribution in [2.75, 3.05) is 26.2 Å². The molecule has 5 heteroatoms. The van der Waals surface area contributed by atoms with E-state index in [1.54, 1.807) is 0 Å². The van der Waals surface area contributed by atoms with E-state index in [1.807, 2.05) is 0 Å². The van der Waals surface area contributed by atoms with E-state index >= 15 is 0 Å². The number of rotatable bonds is 9. The van der Waals surface area contributed by atoms with Crippen LogP contribution in [0.3, 0.4) is 0 Å². The van der Waals surface area contributed by atoms with E-state index in [0.29, 0.717) is 0 Å². The van der Waals surface area contributed by atoms with E-state index in [-0.39, 0.29) is 0 Å². The molecule has 21 heavy (non-hydrogen) atoms. The van der Waals surface area contributed by atoms with Crippen LogP contribution in [0, 0.1) is 5.92 Å². The van der Waals surface area contributed by atoms with Gasteiger partial charge in [-0.05, 0) is 51.2 Å². The summed E-state index contributed by atoms with van der Waals surface area (Å²) in [7, 11) is 0. The molecule has 1 saturated heterocycles. The Bertz CT molecular complexity index is 387. The van der Waals surface area contributed by atoms with E-state index in [9.17, 15) is 0 Å². The summed E-state index contributed by atoms with van der Waals surface area (Å²) in [5.74, 6) is 2.40. The van der Waals surface area contributed by atoms with Gasteiger partial charge in [-0.1, -0.05) is 25.4 Å². The van der Waals surface area contributed by atoms with Gasteiger partial charge in [0.2, 0.25) is 5.89 Å². The molecule has 1 aromatic heterocycles. The molecule has 1 aliphatic heterocycles. The molecule has 5 nitrogen and oxygen atoms in total. The Hall–Kier alpha value is -0.940. The van der Waals surface area contributed by atoms with Crippen LogP contribution in [-0.4, -0.2) is 41.2 Å². The van der Waals surface area contributed by atoms with Crippen LogP contribution in [0.5, 0.6) is 0 Å². The Labute approximate surface area is 128 Å². The zero-order valence-corrected chi connectivity index (χ0v) is 13.6. The van der Waals surface area contributed by atoms with Crippen LogP contribution in [0.25, 0.3) is 0 Å². The van der Waals surface area contributed by atoms with Crippen LogP contribution in [-0.2, 0) is 13.0 Å². The van der Waals surface area contributed by atoms with Gasteiger partial charge in [0.05, 0.1) is 6.54 Å². The SMILES string of the molecule is CCCCc1noc(CN(CCC)CC2CCCNC2)n1. The van der Waals surface area contributed by atoms with Crippen LogP contribution in [0.4, 0.5) is 0 Å². The largest absolute Gasteiger partial charge is 0.338 e. The first kappa shape index (κ1) is 16.4. The van der Waals surface area contributed by atoms with Crippen LogP contribution < -0.4 is 5.32 Å². The van der Waals surface area contributed by atoms with Crippen LogP contribution in [0.15, 0.2) is 4.52 Å². The van der Waals surface area contributed by atoms with Crippen molar-refractivity contribution in [2.45, 2.75) is 58.9 Å². The van der Waals surface area contributed by atoms with Crippen molar-refractivity contribution >= 4 is 0 Å². The number of hydrogen-bond acceptors (Lipinski definition) is 5. The molecule has 1 fully saturated rings. The number of aromatic nitrogens is 2. The lowest BCUT2D eigenvalue weighted by Crippen LogP contribution is -2.38. The van der Waals surface area contributed by atoms with Crippen molar-refractivity contribution in [3.8, 4) is 0 Å². The summed E-state index contributed by atoms with van der Waals surface area (Å²) in [5.41, 5.74) is 0. The zero-order valence-electron chi connectivity index (χ0n) is 13.6.